The van der Waals surface area contributed by atoms with Crippen LogP contribution in [-0.4, -0.2) is 39.3 Å². The zero-order chi connectivity index (χ0) is 13.9. The van der Waals surface area contributed by atoms with Crippen LogP contribution in [0.2, 0.25) is 0 Å². The molecule has 1 unspecified atom stereocenters. The minimum atomic E-state index is 0.157. The third kappa shape index (κ3) is 2.34. The number of nitrogens with zero attached hydrogens (tertiary/aromatic N) is 3. The third-order valence-corrected chi connectivity index (χ3v) is 4.27. The highest BCUT2D eigenvalue weighted by molar-refractivity contribution is 5.76. The Morgan fingerprint density at radius 2 is 2.00 bits per heavy atom. The van der Waals surface area contributed by atoms with Crippen LogP contribution in [0.1, 0.15) is 38.1 Å². The van der Waals surface area contributed by atoms with Crippen molar-refractivity contribution in [3.05, 3.63) is 30.1 Å². The van der Waals surface area contributed by atoms with E-state index >= 15 is 0 Å². The maximum Gasteiger partial charge on any atom is 0.127 e. The first kappa shape index (κ1) is 13.6. The number of imidazole rings is 1. The highest BCUT2D eigenvalue weighted by Gasteiger charge is 2.26. The van der Waals surface area contributed by atoms with Crippen molar-refractivity contribution < 1.29 is 5.11 Å². The molecular weight excluding hydrogens is 250 g/mol. The lowest BCUT2D eigenvalue weighted by molar-refractivity contribution is 0.218. The second-order valence-corrected chi connectivity index (χ2v) is 5.50. The van der Waals surface area contributed by atoms with E-state index in [1.807, 2.05) is 12.1 Å². The Bertz CT molecular complexity index is 572. The summed E-state index contributed by atoms with van der Waals surface area (Å²) < 4.78 is 2.20. The molecule has 1 aliphatic heterocycles. The molecule has 4 heteroatoms. The van der Waals surface area contributed by atoms with E-state index in [1.54, 1.807) is 0 Å². The van der Waals surface area contributed by atoms with E-state index in [0.717, 1.165) is 23.3 Å². The molecule has 20 heavy (non-hydrogen) atoms. The van der Waals surface area contributed by atoms with Gasteiger partial charge in [0.2, 0.25) is 0 Å². The molecule has 3 rings (SSSR count). The number of para-hydroxylation sites is 2. The van der Waals surface area contributed by atoms with Crippen LogP contribution in [0.4, 0.5) is 0 Å². The SMILES string of the molecule is CCC(c1nc2ccccc2n1CCO)N1CCCC1. The van der Waals surface area contributed by atoms with Gasteiger partial charge in [0.15, 0.2) is 0 Å². The van der Waals surface area contributed by atoms with Crippen molar-refractivity contribution in [2.75, 3.05) is 19.7 Å². The zero-order valence-corrected chi connectivity index (χ0v) is 12.1. The maximum atomic E-state index is 9.38. The summed E-state index contributed by atoms with van der Waals surface area (Å²) in [4.78, 5) is 7.39. The van der Waals surface area contributed by atoms with Crippen LogP contribution in [0.5, 0.6) is 0 Å². The summed E-state index contributed by atoms with van der Waals surface area (Å²) in [5, 5.41) is 9.38. The summed E-state index contributed by atoms with van der Waals surface area (Å²) in [6.07, 6.45) is 3.64. The van der Waals surface area contributed by atoms with Gasteiger partial charge in [0.1, 0.15) is 5.82 Å². The minimum absolute atomic E-state index is 0.157. The molecule has 1 saturated heterocycles. The molecule has 0 bridgehead atoms. The highest BCUT2D eigenvalue weighted by Crippen LogP contribution is 2.29. The quantitative estimate of drug-likeness (QED) is 0.910. The Balaban J connectivity index is 2.05. The summed E-state index contributed by atoms with van der Waals surface area (Å²) in [7, 11) is 0. The third-order valence-electron chi connectivity index (χ3n) is 4.27. The van der Waals surface area contributed by atoms with Crippen LogP contribution in [0.3, 0.4) is 0 Å². The lowest BCUT2D eigenvalue weighted by Gasteiger charge is -2.26. The van der Waals surface area contributed by atoms with Crippen LogP contribution >= 0.6 is 0 Å². The molecule has 2 aromatic rings. The summed E-state index contributed by atoms with van der Waals surface area (Å²) >= 11 is 0. The molecule has 2 heterocycles. The van der Waals surface area contributed by atoms with Crippen LogP contribution in [0, 0.1) is 0 Å². The first-order chi connectivity index (χ1) is 9.85. The Morgan fingerprint density at radius 3 is 2.70 bits per heavy atom. The van der Waals surface area contributed by atoms with E-state index in [-0.39, 0.29) is 6.61 Å². The van der Waals surface area contributed by atoms with Crippen LogP contribution in [0.25, 0.3) is 11.0 Å². The molecule has 1 aromatic heterocycles. The van der Waals surface area contributed by atoms with Gasteiger partial charge in [0, 0.05) is 6.54 Å². The van der Waals surface area contributed by atoms with Gasteiger partial charge in [-0.1, -0.05) is 19.1 Å². The highest BCUT2D eigenvalue weighted by atomic mass is 16.3. The molecule has 1 fully saturated rings. The Hall–Kier alpha value is -1.39. The Kier molecular flexibility index (Phi) is 4.03. The van der Waals surface area contributed by atoms with Crippen molar-refractivity contribution in [2.24, 2.45) is 0 Å². The number of hydrogen-bond donors (Lipinski definition) is 1. The predicted octanol–water partition coefficient (Wildman–Crippen LogP) is 2.58. The first-order valence-electron chi connectivity index (χ1n) is 7.65. The zero-order valence-electron chi connectivity index (χ0n) is 12.1. The van der Waals surface area contributed by atoms with Gasteiger partial charge >= 0.3 is 0 Å². The van der Waals surface area contributed by atoms with Crippen molar-refractivity contribution in [3.63, 3.8) is 0 Å². The van der Waals surface area contributed by atoms with Gasteiger partial charge in [-0.05, 0) is 44.5 Å². The van der Waals surface area contributed by atoms with E-state index in [9.17, 15) is 5.11 Å². The average molecular weight is 273 g/mol. The van der Waals surface area contributed by atoms with E-state index in [1.165, 1.54) is 25.9 Å². The number of rotatable bonds is 5. The summed E-state index contributed by atoms with van der Waals surface area (Å²) in [6, 6.07) is 8.59. The number of benzene rings is 1. The molecule has 1 N–H and O–H groups in total. The number of aliphatic hydroxyl groups is 1. The smallest absolute Gasteiger partial charge is 0.127 e. The monoisotopic (exact) mass is 273 g/mol. The van der Waals surface area contributed by atoms with Gasteiger partial charge in [0.05, 0.1) is 23.7 Å². The number of fused-ring (bicyclic) bond motifs is 1. The van der Waals surface area contributed by atoms with Gasteiger partial charge < -0.3 is 9.67 Å². The Labute approximate surface area is 120 Å². The van der Waals surface area contributed by atoms with Crippen molar-refractivity contribution in [3.8, 4) is 0 Å². The summed E-state index contributed by atoms with van der Waals surface area (Å²) in [5.74, 6) is 1.12. The molecule has 0 amide bonds. The minimum Gasteiger partial charge on any atom is -0.395 e. The van der Waals surface area contributed by atoms with Gasteiger partial charge in [-0.25, -0.2) is 4.98 Å². The standard InChI is InChI=1S/C16H23N3O/c1-2-14(18-9-5-6-10-18)16-17-13-7-3-4-8-15(13)19(16)11-12-20/h3-4,7-8,14,20H,2,5-6,9-12H2,1H3. The second-order valence-electron chi connectivity index (χ2n) is 5.50. The van der Waals surface area contributed by atoms with E-state index < -0.39 is 0 Å². The second kappa shape index (κ2) is 5.94. The van der Waals surface area contributed by atoms with Crippen molar-refractivity contribution in [1.82, 2.24) is 14.5 Å². The maximum absolute atomic E-state index is 9.38. The summed E-state index contributed by atoms with van der Waals surface area (Å²) in [6.45, 7) is 5.34. The lowest BCUT2D eigenvalue weighted by Crippen LogP contribution is -2.28. The van der Waals surface area contributed by atoms with Gasteiger partial charge in [-0.15, -0.1) is 0 Å². The molecule has 0 saturated carbocycles. The fraction of sp³-hybridized carbons (Fsp3) is 0.562. The summed E-state index contributed by atoms with van der Waals surface area (Å²) in [5.41, 5.74) is 2.17. The molecular formula is C16H23N3O. The predicted molar refractivity (Wildman–Crippen MR) is 80.7 cm³/mol. The van der Waals surface area contributed by atoms with Crippen LogP contribution in [-0.2, 0) is 6.54 Å². The average Bonchev–Trinajstić information content (AvgIpc) is 3.10. The largest absolute Gasteiger partial charge is 0.395 e. The van der Waals surface area contributed by atoms with E-state index in [2.05, 4.69) is 28.5 Å². The van der Waals surface area contributed by atoms with Crippen molar-refractivity contribution in [2.45, 2.75) is 38.8 Å². The molecule has 0 radical (unpaired) electrons. The lowest BCUT2D eigenvalue weighted by atomic mass is 10.2. The number of likely N-dealkylation sites (tertiary alicyclic amines) is 1. The fourth-order valence-corrected chi connectivity index (χ4v) is 3.34. The molecule has 4 nitrogen and oxygen atoms in total. The first-order valence-corrected chi connectivity index (χ1v) is 7.65. The van der Waals surface area contributed by atoms with Crippen LogP contribution in [0.15, 0.2) is 24.3 Å². The van der Waals surface area contributed by atoms with Crippen LogP contribution < -0.4 is 0 Å². The molecule has 0 aliphatic carbocycles. The molecule has 1 atom stereocenters. The molecule has 1 aliphatic rings. The Morgan fingerprint density at radius 1 is 1.25 bits per heavy atom. The fourth-order valence-electron chi connectivity index (χ4n) is 3.34. The van der Waals surface area contributed by atoms with Crippen molar-refractivity contribution >= 4 is 11.0 Å². The number of aliphatic hydroxyl groups excluding tert-OH is 1. The molecule has 1 aromatic carbocycles. The van der Waals surface area contributed by atoms with Gasteiger partial charge in [-0.2, -0.15) is 0 Å². The molecule has 108 valence electrons. The van der Waals surface area contributed by atoms with Gasteiger partial charge in [0.25, 0.3) is 0 Å². The van der Waals surface area contributed by atoms with Gasteiger partial charge in [-0.3, -0.25) is 4.90 Å². The normalized spacial score (nSPS) is 17.9. The van der Waals surface area contributed by atoms with E-state index in [4.69, 9.17) is 4.98 Å². The number of aromatic nitrogens is 2. The molecule has 0 spiro atoms. The topological polar surface area (TPSA) is 41.3 Å². The van der Waals surface area contributed by atoms with E-state index in [0.29, 0.717) is 12.6 Å². The number of hydrogen-bond acceptors (Lipinski definition) is 3. The van der Waals surface area contributed by atoms with Crippen molar-refractivity contribution in [1.29, 1.82) is 0 Å².